The first kappa shape index (κ1) is 21.4. The molecule has 1 aromatic heterocycles. The Balaban J connectivity index is 1.65. The van der Waals surface area contributed by atoms with Gasteiger partial charge >= 0.3 is 6.03 Å². The average Bonchev–Trinajstić information content (AvgIpc) is 3.52. The lowest BCUT2D eigenvalue weighted by atomic mass is 10.1. The molecule has 2 aromatic carbocycles. The van der Waals surface area contributed by atoms with Crippen LogP contribution in [-0.2, 0) is 0 Å². The summed E-state index contributed by atoms with van der Waals surface area (Å²) in [5.41, 5.74) is 2.61. The molecule has 1 saturated carbocycles. The summed E-state index contributed by atoms with van der Waals surface area (Å²) in [4.78, 5) is 25.4. The van der Waals surface area contributed by atoms with Crippen LogP contribution in [0.15, 0.2) is 48.5 Å². The molecule has 4 rings (SSSR count). The number of hydrogen-bond acceptors (Lipinski definition) is 5. The third-order valence-corrected chi connectivity index (χ3v) is 5.22. The monoisotopic (exact) mass is 434 g/mol. The molecule has 0 saturated heterocycles. The van der Waals surface area contributed by atoms with Crippen molar-refractivity contribution in [1.82, 2.24) is 15.1 Å². The maximum atomic E-state index is 12.7. The molecule has 0 bridgehead atoms. The number of rotatable bonds is 6. The number of ether oxygens (including phenoxy) is 1. The molecule has 2 amide bonds. The molecule has 166 valence electrons. The van der Waals surface area contributed by atoms with Crippen LogP contribution in [-0.4, -0.2) is 40.0 Å². The van der Waals surface area contributed by atoms with Crippen molar-refractivity contribution < 1.29 is 19.4 Å². The third-order valence-electron chi connectivity index (χ3n) is 5.22. The van der Waals surface area contributed by atoms with E-state index in [9.17, 15) is 14.7 Å². The Kier molecular flexibility index (Phi) is 5.85. The van der Waals surface area contributed by atoms with Gasteiger partial charge in [0.1, 0.15) is 11.5 Å². The van der Waals surface area contributed by atoms with Crippen molar-refractivity contribution in [1.29, 1.82) is 0 Å². The lowest BCUT2D eigenvalue weighted by Gasteiger charge is -2.11. The van der Waals surface area contributed by atoms with Crippen LogP contribution in [0.4, 0.5) is 10.5 Å². The number of phenols is 1. The van der Waals surface area contributed by atoms with Crippen molar-refractivity contribution in [2.24, 2.45) is 0 Å². The van der Waals surface area contributed by atoms with Crippen LogP contribution in [0.3, 0.4) is 0 Å². The Bertz CT molecular complexity index is 1160. The number of aromatic hydroxyl groups is 1. The molecular weight excluding hydrogens is 408 g/mol. The van der Waals surface area contributed by atoms with E-state index in [0.29, 0.717) is 28.3 Å². The van der Waals surface area contributed by atoms with Gasteiger partial charge in [-0.1, -0.05) is 12.1 Å². The van der Waals surface area contributed by atoms with Crippen molar-refractivity contribution in [3.8, 4) is 22.8 Å². The topological polar surface area (TPSA) is 105 Å². The normalized spacial score (nSPS) is 13.1. The zero-order chi connectivity index (χ0) is 22.8. The average molecular weight is 434 g/mol. The highest BCUT2D eigenvalue weighted by molar-refractivity contribution is 6.06. The van der Waals surface area contributed by atoms with Gasteiger partial charge in [0.15, 0.2) is 0 Å². The summed E-state index contributed by atoms with van der Waals surface area (Å²) in [5.74, 6) is 0.425. The Morgan fingerprint density at radius 1 is 1.16 bits per heavy atom. The number of amides is 2. The van der Waals surface area contributed by atoms with Gasteiger partial charge in [0.05, 0.1) is 24.1 Å². The van der Waals surface area contributed by atoms with E-state index >= 15 is 0 Å². The smallest absolute Gasteiger partial charge is 0.342 e. The summed E-state index contributed by atoms with van der Waals surface area (Å²) in [7, 11) is 1.51. The molecule has 1 fully saturated rings. The summed E-state index contributed by atoms with van der Waals surface area (Å²) in [6.45, 7) is 3.78. The molecule has 1 aliphatic carbocycles. The van der Waals surface area contributed by atoms with Gasteiger partial charge in [0.2, 0.25) is 0 Å². The number of hydrogen-bond donors (Lipinski definition) is 3. The molecule has 1 heterocycles. The van der Waals surface area contributed by atoms with Gasteiger partial charge in [-0.2, -0.15) is 9.78 Å². The molecule has 0 radical (unpaired) electrons. The second-order valence-corrected chi connectivity index (χ2v) is 8.13. The molecule has 0 atom stereocenters. The molecule has 32 heavy (non-hydrogen) atoms. The predicted molar refractivity (Wildman–Crippen MR) is 121 cm³/mol. The number of aromatic nitrogens is 2. The van der Waals surface area contributed by atoms with Gasteiger partial charge in [-0.05, 0) is 63.1 Å². The predicted octanol–water partition coefficient (Wildman–Crippen LogP) is 4.36. The van der Waals surface area contributed by atoms with Crippen molar-refractivity contribution >= 4 is 17.6 Å². The van der Waals surface area contributed by atoms with Gasteiger partial charge in [-0.15, -0.1) is 0 Å². The van der Waals surface area contributed by atoms with Crippen molar-refractivity contribution in [3.63, 3.8) is 0 Å². The van der Waals surface area contributed by atoms with Crippen molar-refractivity contribution in [2.75, 3.05) is 12.4 Å². The van der Waals surface area contributed by atoms with E-state index in [4.69, 9.17) is 4.74 Å². The van der Waals surface area contributed by atoms with Gasteiger partial charge in [-0.3, -0.25) is 4.79 Å². The Hall–Kier alpha value is -3.81. The fourth-order valence-electron chi connectivity index (χ4n) is 3.52. The molecule has 3 N–H and O–H groups in total. The SMILES string of the molecule is COc1ccccc1C(=O)Nc1ccc(O)c(-c2cc(C3CC3)n(C(=O)NC(C)C)n2)c1. The maximum absolute atomic E-state index is 12.7. The Morgan fingerprint density at radius 3 is 2.59 bits per heavy atom. The number of nitrogens with zero attached hydrogens (tertiary/aromatic N) is 2. The fraction of sp³-hybridized carbons (Fsp3) is 0.292. The van der Waals surface area contributed by atoms with Crippen LogP contribution < -0.4 is 15.4 Å². The zero-order valence-electron chi connectivity index (χ0n) is 18.3. The number of nitrogens with one attached hydrogen (secondary N) is 2. The second kappa shape index (κ2) is 8.74. The molecule has 0 aliphatic heterocycles. The van der Waals surface area contributed by atoms with E-state index in [1.807, 2.05) is 19.9 Å². The van der Waals surface area contributed by atoms with Gasteiger partial charge in [-0.25, -0.2) is 4.79 Å². The lowest BCUT2D eigenvalue weighted by molar-refractivity contribution is 0.102. The van der Waals surface area contributed by atoms with Crippen LogP contribution >= 0.6 is 0 Å². The lowest BCUT2D eigenvalue weighted by Crippen LogP contribution is -2.35. The highest BCUT2D eigenvalue weighted by atomic mass is 16.5. The van der Waals surface area contributed by atoms with E-state index in [0.717, 1.165) is 18.5 Å². The van der Waals surface area contributed by atoms with Crippen molar-refractivity contribution in [2.45, 2.75) is 38.6 Å². The number of methoxy groups -OCH3 is 1. The molecule has 3 aromatic rings. The van der Waals surface area contributed by atoms with Crippen LogP contribution in [0.5, 0.6) is 11.5 Å². The van der Waals surface area contributed by atoms with E-state index < -0.39 is 0 Å². The number of carbonyl (C=O) groups excluding carboxylic acids is 2. The molecule has 0 spiro atoms. The number of benzene rings is 2. The summed E-state index contributed by atoms with van der Waals surface area (Å²) in [6, 6.07) is 13.2. The van der Waals surface area contributed by atoms with E-state index in [1.54, 1.807) is 36.4 Å². The van der Waals surface area contributed by atoms with Gasteiger partial charge < -0.3 is 20.5 Å². The van der Waals surface area contributed by atoms with Gasteiger partial charge in [0.25, 0.3) is 5.91 Å². The van der Waals surface area contributed by atoms with E-state index in [-0.39, 0.29) is 29.6 Å². The number of para-hydroxylation sites is 1. The van der Waals surface area contributed by atoms with E-state index in [1.165, 1.54) is 17.9 Å². The number of anilines is 1. The Morgan fingerprint density at radius 2 is 1.91 bits per heavy atom. The van der Waals surface area contributed by atoms with Crippen LogP contribution in [0.1, 0.15) is 48.7 Å². The standard InChI is InChI=1S/C24H26N4O4/c1-14(2)25-24(31)28-20(15-8-9-15)13-19(27-28)18-12-16(10-11-21(18)29)26-23(30)17-6-4-5-7-22(17)32-3/h4-7,10-15,29H,8-9H2,1-3H3,(H,25,31)(H,26,30). The minimum Gasteiger partial charge on any atom is -0.507 e. The maximum Gasteiger partial charge on any atom is 0.342 e. The summed E-state index contributed by atoms with van der Waals surface area (Å²) in [5, 5.41) is 20.6. The molecule has 1 aliphatic rings. The zero-order valence-corrected chi connectivity index (χ0v) is 18.3. The van der Waals surface area contributed by atoms with Gasteiger partial charge in [0, 0.05) is 23.2 Å². The first-order valence-corrected chi connectivity index (χ1v) is 10.6. The molecule has 8 nitrogen and oxygen atoms in total. The highest BCUT2D eigenvalue weighted by Crippen LogP contribution is 2.42. The summed E-state index contributed by atoms with van der Waals surface area (Å²) >= 11 is 0. The molecular formula is C24H26N4O4. The number of phenolic OH excluding ortho intramolecular Hbond substituents is 1. The van der Waals surface area contributed by atoms with Crippen molar-refractivity contribution in [3.05, 3.63) is 59.8 Å². The highest BCUT2D eigenvalue weighted by Gasteiger charge is 2.31. The first-order valence-electron chi connectivity index (χ1n) is 10.6. The van der Waals surface area contributed by atoms with Crippen LogP contribution in [0.25, 0.3) is 11.3 Å². The van der Waals surface area contributed by atoms with E-state index in [2.05, 4.69) is 15.7 Å². The first-order chi connectivity index (χ1) is 15.4. The third kappa shape index (κ3) is 4.44. The fourth-order valence-corrected chi connectivity index (χ4v) is 3.52. The second-order valence-electron chi connectivity index (χ2n) is 8.13. The largest absolute Gasteiger partial charge is 0.507 e. The minimum absolute atomic E-state index is 0.0107. The quantitative estimate of drug-likeness (QED) is 0.500. The summed E-state index contributed by atoms with van der Waals surface area (Å²) < 4.78 is 6.64. The summed E-state index contributed by atoms with van der Waals surface area (Å²) in [6.07, 6.45) is 2.00. The molecule has 8 heteroatoms. The molecule has 0 unspecified atom stereocenters. The van der Waals surface area contributed by atoms with Crippen LogP contribution in [0, 0.1) is 0 Å². The Labute approximate surface area is 186 Å². The minimum atomic E-state index is -0.334. The number of carbonyl (C=O) groups is 2. The van der Waals surface area contributed by atoms with Crippen LogP contribution in [0.2, 0.25) is 0 Å².